The number of carbonyl (C=O) groups is 1. The molecule has 0 aliphatic carbocycles. The third-order valence-corrected chi connectivity index (χ3v) is 1.57. The Labute approximate surface area is 67.3 Å². The average Bonchev–Trinajstić information content (AvgIpc) is 2.05. The van der Waals surface area contributed by atoms with Gasteiger partial charge in [-0.15, -0.1) is 0 Å². The van der Waals surface area contributed by atoms with Crippen molar-refractivity contribution in [3.63, 3.8) is 0 Å². The van der Waals surface area contributed by atoms with Crippen LogP contribution in [0.3, 0.4) is 0 Å². The van der Waals surface area contributed by atoms with E-state index in [0.717, 1.165) is 0 Å². The standard InChI is InChI=1S/C8H5FN2O/c9-5-1-2-6-7(3-5)10-4-8(12)11-6/h1-3H,4H2. The number of hydrogen-bond donors (Lipinski definition) is 0. The van der Waals surface area contributed by atoms with E-state index in [1.54, 1.807) is 0 Å². The Morgan fingerprint density at radius 2 is 2.17 bits per heavy atom. The quantitative estimate of drug-likeness (QED) is 0.514. The fourth-order valence-electron chi connectivity index (χ4n) is 1.04. The van der Waals surface area contributed by atoms with Crippen LogP contribution in [0, 0.1) is 5.82 Å². The number of halogens is 1. The zero-order valence-electron chi connectivity index (χ0n) is 6.12. The van der Waals surface area contributed by atoms with E-state index in [9.17, 15) is 9.18 Å². The molecule has 0 spiro atoms. The van der Waals surface area contributed by atoms with Gasteiger partial charge in [0.05, 0.1) is 10.7 Å². The first kappa shape index (κ1) is 7.09. The van der Waals surface area contributed by atoms with Gasteiger partial charge in [-0.25, -0.2) is 9.38 Å². The van der Waals surface area contributed by atoms with E-state index in [2.05, 4.69) is 9.98 Å². The summed E-state index contributed by atoms with van der Waals surface area (Å²) in [4.78, 5) is 18.3. The highest BCUT2D eigenvalue weighted by Gasteiger charge is 2.03. The first-order chi connectivity index (χ1) is 5.75. The van der Waals surface area contributed by atoms with Crippen molar-refractivity contribution in [2.75, 3.05) is 6.54 Å². The minimum Gasteiger partial charge on any atom is -0.273 e. The molecule has 1 aliphatic rings. The highest BCUT2D eigenvalue weighted by molar-refractivity contribution is 5.79. The molecule has 1 aliphatic heterocycles. The van der Waals surface area contributed by atoms with Gasteiger partial charge in [0.15, 0.2) is 0 Å². The number of nitrogens with zero attached hydrogens (tertiary/aromatic N) is 2. The van der Waals surface area contributed by atoms with Crippen LogP contribution in [-0.2, 0) is 4.79 Å². The molecule has 1 heterocycles. The van der Waals surface area contributed by atoms with Gasteiger partial charge in [0, 0.05) is 6.07 Å². The summed E-state index contributed by atoms with van der Waals surface area (Å²) in [5.74, 6) is -0.642. The molecule has 0 radical (unpaired) electrons. The van der Waals surface area contributed by atoms with Crippen LogP contribution >= 0.6 is 0 Å². The van der Waals surface area contributed by atoms with E-state index >= 15 is 0 Å². The van der Waals surface area contributed by atoms with Crippen molar-refractivity contribution in [1.82, 2.24) is 0 Å². The van der Waals surface area contributed by atoms with Crippen molar-refractivity contribution in [1.29, 1.82) is 0 Å². The van der Waals surface area contributed by atoms with Crippen LogP contribution in [0.4, 0.5) is 4.39 Å². The zero-order valence-corrected chi connectivity index (χ0v) is 6.12. The third kappa shape index (κ3) is 1.11. The van der Waals surface area contributed by atoms with Crippen LogP contribution in [0.2, 0.25) is 0 Å². The molecule has 0 unspecified atom stereocenters. The first-order valence-corrected chi connectivity index (χ1v) is 3.47. The fourth-order valence-corrected chi connectivity index (χ4v) is 1.04. The van der Waals surface area contributed by atoms with Gasteiger partial charge in [0.25, 0.3) is 5.91 Å². The van der Waals surface area contributed by atoms with Gasteiger partial charge in [0.1, 0.15) is 12.4 Å². The van der Waals surface area contributed by atoms with Crippen LogP contribution in [0.25, 0.3) is 0 Å². The predicted molar refractivity (Wildman–Crippen MR) is 38.6 cm³/mol. The summed E-state index contributed by atoms with van der Waals surface area (Å²) >= 11 is 0. The summed E-state index contributed by atoms with van der Waals surface area (Å²) in [6.45, 7) is 0.0243. The Balaban J connectivity index is 2.79. The summed E-state index contributed by atoms with van der Waals surface area (Å²) < 4.78 is 12.6. The van der Waals surface area contributed by atoms with Crippen molar-refractivity contribution in [2.45, 2.75) is 0 Å². The van der Waals surface area contributed by atoms with Gasteiger partial charge >= 0.3 is 0 Å². The number of carbonyl (C=O) groups excluding carboxylic acids is 1. The number of rotatable bonds is 0. The van der Waals surface area contributed by atoms with Crippen molar-refractivity contribution in [3.05, 3.63) is 34.7 Å². The first-order valence-electron chi connectivity index (χ1n) is 3.47. The molecule has 0 N–H and O–H groups in total. The number of benzene rings is 1. The summed E-state index contributed by atoms with van der Waals surface area (Å²) in [5.41, 5.74) is 0. The molecular weight excluding hydrogens is 159 g/mol. The SMILES string of the molecule is O=C1CN=c2cc(F)ccc2=N1. The molecule has 60 valence electrons. The molecule has 3 nitrogen and oxygen atoms in total. The molecule has 1 aromatic carbocycles. The van der Waals surface area contributed by atoms with Crippen LogP contribution in [0.15, 0.2) is 28.2 Å². The molecule has 2 rings (SSSR count). The van der Waals surface area contributed by atoms with Crippen molar-refractivity contribution in [3.8, 4) is 0 Å². The van der Waals surface area contributed by atoms with Gasteiger partial charge in [0.2, 0.25) is 0 Å². The number of amides is 1. The van der Waals surface area contributed by atoms with E-state index < -0.39 is 0 Å². The van der Waals surface area contributed by atoms with Gasteiger partial charge in [-0.1, -0.05) is 0 Å². The monoisotopic (exact) mass is 164 g/mol. The molecule has 1 aromatic rings. The summed E-state index contributed by atoms with van der Waals surface area (Å²) in [7, 11) is 0. The Bertz CT molecular complexity index is 453. The van der Waals surface area contributed by atoms with Crippen molar-refractivity contribution >= 4 is 5.91 Å². The third-order valence-electron chi connectivity index (χ3n) is 1.57. The van der Waals surface area contributed by atoms with Gasteiger partial charge in [-0.3, -0.25) is 9.79 Å². The summed E-state index contributed by atoms with van der Waals surface area (Å²) in [6.07, 6.45) is 0. The maximum Gasteiger partial charge on any atom is 0.267 e. The molecule has 4 heteroatoms. The van der Waals surface area contributed by atoms with Crippen LogP contribution in [-0.4, -0.2) is 12.5 Å². The Morgan fingerprint density at radius 1 is 1.33 bits per heavy atom. The van der Waals surface area contributed by atoms with Crippen molar-refractivity contribution in [2.24, 2.45) is 9.98 Å². The molecule has 0 saturated heterocycles. The minimum atomic E-state index is -0.359. The normalized spacial score (nSPS) is 14.6. The van der Waals surface area contributed by atoms with E-state index in [1.165, 1.54) is 18.2 Å². The Kier molecular flexibility index (Phi) is 1.46. The lowest BCUT2D eigenvalue weighted by molar-refractivity contribution is -0.116. The van der Waals surface area contributed by atoms with Gasteiger partial charge < -0.3 is 0 Å². The van der Waals surface area contributed by atoms with E-state index in [1.807, 2.05) is 0 Å². The second-order valence-corrected chi connectivity index (χ2v) is 2.45. The Morgan fingerprint density at radius 3 is 3.00 bits per heavy atom. The molecule has 0 saturated carbocycles. The smallest absolute Gasteiger partial charge is 0.267 e. The largest absolute Gasteiger partial charge is 0.273 e. The van der Waals surface area contributed by atoms with Crippen LogP contribution < -0.4 is 10.7 Å². The van der Waals surface area contributed by atoms with Crippen LogP contribution in [0.5, 0.6) is 0 Å². The molecular formula is C8H5FN2O. The van der Waals surface area contributed by atoms with Gasteiger partial charge in [-0.05, 0) is 12.1 Å². The van der Waals surface area contributed by atoms with Crippen molar-refractivity contribution < 1.29 is 9.18 Å². The molecule has 1 amide bonds. The summed E-state index contributed by atoms with van der Waals surface area (Å²) in [5, 5.41) is 0.905. The van der Waals surface area contributed by atoms with E-state index in [-0.39, 0.29) is 18.3 Å². The minimum absolute atomic E-state index is 0.0243. The van der Waals surface area contributed by atoms with Crippen LogP contribution in [0.1, 0.15) is 0 Å². The molecule has 0 fully saturated rings. The van der Waals surface area contributed by atoms with Gasteiger partial charge in [-0.2, -0.15) is 0 Å². The highest BCUT2D eigenvalue weighted by atomic mass is 19.1. The second kappa shape index (κ2) is 2.48. The highest BCUT2D eigenvalue weighted by Crippen LogP contribution is 1.88. The second-order valence-electron chi connectivity index (χ2n) is 2.45. The maximum absolute atomic E-state index is 12.6. The molecule has 0 atom stereocenters. The lowest BCUT2D eigenvalue weighted by atomic mass is 10.3. The number of fused-ring (bicyclic) bond motifs is 1. The predicted octanol–water partition coefficient (Wildman–Crippen LogP) is -0.395. The average molecular weight is 164 g/mol. The lowest BCUT2D eigenvalue weighted by Gasteiger charge is -1.96. The number of hydrogen-bond acceptors (Lipinski definition) is 2. The topological polar surface area (TPSA) is 41.8 Å². The molecule has 12 heavy (non-hydrogen) atoms. The lowest BCUT2D eigenvalue weighted by Crippen LogP contribution is -2.31. The molecule has 0 bridgehead atoms. The maximum atomic E-state index is 12.6. The fraction of sp³-hybridized carbons (Fsp3) is 0.125. The van der Waals surface area contributed by atoms with E-state index in [0.29, 0.717) is 10.7 Å². The molecule has 0 aromatic heterocycles. The van der Waals surface area contributed by atoms with E-state index in [4.69, 9.17) is 0 Å². The Hall–Kier alpha value is -1.58. The zero-order chi connectivity index (χ0) is 8.55. The summed E-state index contributed by atoms with van der Waals surface area (Å²) in [6, 6.07) is 3.98.